The Balaban J connectivity index is 2.83. The zero-order chi connectivity index (χ0) is 8.97. The summed E-state index contributed by atoms with van der Waals surface area (Å²) < 4.78 is 0. The highest BCUT2D eigenvalue weighted by atomic mass is 16.4. The molecular formula is C9H7BO2. The smallest absolute Gasteiger partial charge is 0.328 e. The number of carbonyl (C=O) groups is 1. The topological polar surface area (TPSA) is 37.3 Å². The molecule has 1 aromatic rings. The molecule has 0 heterocycles. The van der Waals surface area contributed by atoms with Crippen LogP contribution in [0.3, 0.4) is 0 Å². The molecular weight excluding hydrogens is 151 g/mol. The third-order valence-corrected chi connectivity index (χ3v) is 1.33. The third-order valence-electron chi connectivity index (χ3n) is 1.33. The minimum atomic E-state index is -0.961. The van der Waals surface area contributed by atoms with Gasteiger partial charge in [0, 0.05) is 6.08 Å². The standard InChI is InChI=1S/C9H7BO2/c10-8-3-1-2-7(6-8)4-5-9(11)12/h1-6H,(H,11,12). The Bertz CT molecular complexity index is 318. The van der Waals surface area contributed by atoms with E-state index in [1.807, 2.05) is 0 Å². The molecule has 2 radical (unpaired) electrons. The van der Waals surface area contributed by atoms with Crippen LogP contribution in [0, 0.1) is 0 Å². The van der Waals surface area contributed by atoms with E-state index in [-0.39, 0.29) is 0 Å². The second-order valence-corrected chi connectivity index (χ2v) is 2.34. The van der Waals surface area contributed by atoms with Crippen molar-refractivity contribution in [3.63, 3.8) is 0 Å². The number of aliphatic carboxylic acids is 1. The molecule has 1 N–H and O–H groups in total. The summed E-state index contributed by atoms with van der Waals surface area (Å²) in [4.78, 5) is 10.1. The zero-order valence-corrected chi connectivity index (χ0v) is 6.40. The van der Waals surface area contributed by atoms with Gasteiger partial charge in [0.1, 0.15) is 7.85 Å². The van der Waals surface area contributed by atoms with E-state index in [4.69, 9.17) is 13.0 Å². The molecule has 3 heteroatoms. The molecule has 0 amide bonds. The number of hydrogen-bond donors (Lipinski definition) is 1. The fraction of sp³-hybridized carbons (Fsp3) is 0. The minimum absolute atomic E-state index is 0.627. The van der Waals surface area contributed by atoms with E-state index in [2.05, 4.69) is 0 Å². The lowest BCUT2D eigenvalue weighted by atomic mass is 9.94. The summed E-state index contributed by atoms with van der Waals surface area (Å²) in [6.07, 6.45) is 2.58. The number of hydrogen-bond acceptors (Lipinski definition) is 1. The maximum Gasteiger partial charge on any atom is 0.328 e. The predicted molar refractivity (Wildman–Crippen MR) is 48.5 cm³/mol. The summed E-state index contributed by atoms with van der Waals surface area (Å²) in [5, 5.41) is 8.33. The first-order valence-corrected chi connectivity index (χ1v) is 3.45. The molecule has 0 aliphatic carbocycles. The van der Waals surface area contributed by atoms with Gasteiger partial charge in [-0.15, -0.1) is 0 Å². The quantitative estimate of drug-likeness (QED) is 0.504. The average molecular weight is 158 g/mol. The van der Waals surface area contributed by atoms with Crippen LogP contribution >= 0.6 is 0 Å². The summed E-state index contributed by atoms with van der Waals surface area (Å²) >= 11 is 0. The molecule has 0 spiro atoms. The van der Waals surface area contributed by atoms with Crippen molar-refractivity contribution in [2.75, 3.05) is 0 Å². The largest absolute Gasteiger partial charge is 0.478 e. The highest BCUT2D eigenvalue weighted by Crippen LogP contribution is 1.98. The van der Waals surface area contributed by atoms with Crippen LogP contribution in [0.2, 0.25) is 0 Å². The van der Waals surface area contributed by atoms with Crippen molar-refractivity contribution >= 4 is 25.4 Å². The van der Waals surface area contributed by atoms with E-state index >= 15 is 0 Å². The Hall–Kier alpha value is -1.51. The van der Waals surface area contributed by atoms with Crippen LogP contribution in [0.1, 0.15) is 5.56 Å². The van der Waals surface area contributed by atoms with E-state index < -0.39 is 5.97 Å². The van der Waals surface area contributed by atoms with Crippen LogP contribution in [0.5, 0.6) is 0 Å². The van der Waals surface area contributed by atoms with Gasteiger partial charge in [-0.25, -0.2) is 4.79 Å². The molecule has 0 atom stereocenters. The SMILES string of the molecule is [B]c1cccc(C=CC(=O)O)c1. The van der Waals surface area contributed by atoms with Crippen LogP contribution < -0.4 is 5.46 Å². The predicted octanol–water partition coefficient (Wildman–Crippen LogP) is 0.578. The van der Waals surface area contributed by atoms with Gasteiger partial charge in [-0.2, -0.15) is 0 Å². The first-order valence-electron chi connectivity index (χ1n) is 3.45. The van der Waals surface area contributed by atoms with Gasteiger partial charge in [-0.05, 0) is 11.6 Å². The molecule has 0 aliphatic rings. The first-order chi connectivity index (χ1) is 5.68. The van der Waals surface area contributed by atoms with Crippen molar-refractivity contribution in [3.8, 4) is 0 Å². The van der Waals surface area contributed by atoms with E-state index in [1.54, 1.807) is 24.3 Å². The van der Waals surface area contributed by atoms with E-state index in [0.29, 0.717) is 5.46 Å². The maximum atomic E-state index is 10.1. The second-order valence-electron chi connectivity index (χ2n) is 2.34. The van der Waals surface area contributed by atoms with Gasteiger partial charge in [0.2, 0.25) is 0 Å². The summed E-state index contributed by atoms with van der Waals surface area (Å²) in [5.41, 5.74) is 1.42. The average Bonchev–Trinajstić information content (AvgIpc) is 2.01. The summed E-state index contributed by atoms with van der Waals surface area (Å²) in [6, 6.07) is 7.02. The highest BCUT2D eigenvalue weighted by Gasteiger charge is 1.88. The molecule has 0 unspecified atom stereocenters. The van der Waals surface area contributed by atoms with Crippen LogP contribution in [-0.4, -0.2) is 18.9 Å². The molecule has 0 aliphatic heterocycles. The van der Waals surface area contributed by atoms with Gasteiger partial charge in [0.15, 0.2) is 0 Å². The fourth-order valence-corrected chi connectivity index (χ4v) is 0.830. The Morgan fingerprint density at radius 2 is 2.25 bits per heavy atom. The Labute approximate surface area is 71.9 Å². The van der Waals surface area contributed by atoms with Gasteiger partial charge >= 0.3 is 5.97 Å². The van der Waals surface area contributed by atoms with Gasteiger partial charge in [0.25, 0.3) is 0 Å². The molecule has 12 heavy (non-hydrogen) atoms. The lowest BCUT2D eigenvalue weighted by molar-refractivity contribution is -0.131. The number of carboxylic acids is 1. The molecule has 58 valence electrons. The van der Waals surface area contributed by atoms with Gasteiger partial charge in [0.05, 0.1) is 0 Å². The van der Waals surface area contributed by atoms with Crippen molar-refractivity contribution in [3.05, 3.63) is 35.9 Å². The Morgan fingerprint density at radius 3 is 2.83 bits per heavy atom. The molecule has 2 nitrogen and oxygen atoms in total. The number of benzene rings is 1. The monoisotopic (exact) mass is 158 g/mol. The first kappa shape index (κ1) is 8.59. The second kappa shape index (κ2) is 3.76. The van der Waals surface area contributed by atoms with E-state index in [1.165, 1.54) is 6.08 Å². The van der Waals surface area contributed by atoms with Crippen LogP contribution in [0.15, 0.2) is 30.3 Å². The van der Waals surface area contributed by atoms with Gasteiger partial charge < -0.3 is 5.11 Å². The minimum Gasteiger partial charge on any atom is -0.478 e. The zero-order valence-electron chi connectivity index (χ0n) is 6.40. The van der Waals surface area contributed by atoms with Crippen molar-refractivity contribution in [1.29, 1.82) is 0 Å². The van der Waals surface area contributed by atoms with E-state index in [9.17, 15) is 4.79 Å². The molecule has 0 fully saturated rings. The molecule has 0 saturated heterocycles. The number of carboxylic acid groups (broad SMARTS) is 1. The normalized spacial score (nSPS) is 10.3. The summed E-state index contributed by atoms with van der Waals surface area (Å²) in [5.74, 6) is -0.961. The molecule has 0 saturated carbocycles. The lowest BCUT2D eigenvalue weighted by Gasteiger charge is -1.93. The van der Waals surface area contributed by atoms with Gasteiger partial charge in [-0.3, -0.25) is 0 Å². The van der Waals surface area contributed by atoms with Crippen LogP contribution in [-0.2, 0) is 4.79 Å². The van der Waals surface area contributed by atoms with Crippen molar-refractivity contribution in [1.82, 2.24) is 0 Å². The molecule has 1 aromatic carbocycles. The fourth-order valence-electron chi connectivity index (χ4n) is 0.830. The van der Waals surface area contributed by atoms with Crippen LogP contribution in [0.25, 0.3) is 6.08 Å². The van der Waals surface area contributed by atoms with Crippen molar-refractivity contribution in [2.45, 2.75) is 0 Å². The highest BCUT2D eigenvalue weighted by molar-refractivity contribution is 6.32. The molecule has 0 aromatic heterocycles. The lowest BCUT2D eigenvalue weighted by Crippen LogP contribution is -2.00. The Kier molecular flexibility index (Phi) is 2.69. The Morgan fingerprint density at radius 1 is 1.50 bits per heavy atom. The summed E-state index contributed by atoms with van der Waals surface area (Å²) in [7, 11) is 5.48. The molecule has 0 bridgehead atoms. The third kappa shape index (κ3) is 2.62. The van der Waals surface area contributed by atoms with Crippen LogP contribution in [0.4, 0.5) is 0 Å². The van der Waals surface area contributed by atoms with Crippen molar-refractivity contribution in [2.24, 2.45) is 0 Å². The summed E-state index contributed by atoms with van der Waals surface area (Å²) in [6.45, 7) is 0. The number of rotatable bonds is 2. The van der Waals surface area contributed by atoms with Crippen molar-refractivity contribution < 1.29 is 9.90 Å². The van der Waals surface area contributed by atoms with Gasteiger partial charge in [-0.1, -0.05) is 29.7 Å². The van der Waals surface area contributed by atoms with E-state index in [0.717, 1.165) is 11.6 Å². The molecule has 1 rings (SSSR count). The maximum absolute atomic E-state index is 10.1.